The fourth-order valence-electron chi connectivity index (χ4n) is 14.7. The number of ether oxygens (including phenoxy) is 2. The molecule has 3 aliphatic heterocycles. The topological polar surface area (TPSA) is 83.8 Å². The van der Waals surface area contributed by atoms with Crippen molar-refractivity contribution in [3.8, 4) is 34.6 Å². The van der Waals surface area contributed by atoms with Crippen molar-refractivity contribution < 1.29 is 23.1 Å². The third-order valence-electron chi connectivity index (χ3n) is 18.5. The molecule has 1 aliphatic carbocycles. The number of nitrogens with zero attached hydrogens (tertiary/aromatic N) is 5. The molecule has 0 spiro atoms. The standard InChI is InChI=1S/C62H77F2N5O3Si2/c1-40(2)73(41(3)4,42(5)6)33-28-50-52(63)25-24-46-34-43(7)35-51(53(46)50)56-55(64)57-54(59(65-56)71-10)58(68-37-44-22-23-45(36-44)38-68)67-60(66-57)72-39-62-29-17-32-69(62)47(27-31-62)26-30-61(8,9)74(70,48-18-13-11-14-19-48)49-20-15-12-16-21-49/h11-16,18-21,24-25,34-35,40-42,44-45,47,70H,17,22-23,26-27,29-32,36-39H2,1-10H3/t44?,45?,47-,62-/m1/s1. The third kappa shape index (κ3) is 9.05. The summed E-state index contributed by atoms with van der Waals surface area (Å²) in [6.45, 7) is 22.9. The number of pyridine rings is 1. The van der Waals surface area contributed by atoms with Crippen LogP contribution in [0.3, 0.4) is 0 Å². The summed E-state index contributed by atoms with van der Waals surface area (Å²) in [7, 11) is -3.89. The molecule has 4 aliphatic rings. The summed E-state index contributed by atoms with van der Waals surface area (Å²) in [5.41, 5.74) is 6.26. The molecule has 4 fully saturated rings. The molecule has 12 heteroatoms. The van der Waals surface area contributed by atoms with Crippen molar-refractivity contribution in [3.05, 3.63) is 108 Å². The third-order valence-corrected chi connectivity index (χ3v) is 29.4. The fourth-order valence-corrected chi connectivity index (χ4v) is 23.7. The number of piperidine rings is 1. The molecular weight excluding hydrogens is 957 g/mol. The summed E-state index contributed by atoms with van der Waals surface area (Å²) in [6, 6.07) is 28.2. The van der Waals surface area contributed by atoms with Crippen molar-refractivity contribution in [1.29, 1.82) is 0 Å². The van der Waals surface area contributed by atoms with Crippen molar-refractivity contribution in [2.24, 2.45) is 11.8 Å². The van der Waals surface area contributed by atoms with Crippen LogP contribution in [0.4, 0.5) is 14.6 Å². The fraction of sp³-hybridized carbons (Fsp3) is 0.500. The molecule has 2 bridgehead atoms. The van der Waals surface area contributed by atoms with E-state index in [0.717, 1.165) is 92.3 Å². The molecule has 2 unspecified atom stereocenters. The van der Waals surface area contributed by atoms with E-state index in [1.165, 1.54) is 12.5 Å². The Hall–Kier alpha value is -5.20. The van der Waals surface area contributed by atoms with Gasteiger partial charge < -0.3 is 19.2 Å². The first-order valence-electron chi connectivity index (χ1n) is 27.6. The summed E-state index contributed by atoms with van der Waals surface area (Å²) < 4.78 is 47.7. The summed E-state index contributed by atoms with van der Waals surface area (Å²) in [6.07, 6.45) is 9.39. The number of halogens is 2. The first kappa shape index (κ1) is 52.3. The van der Waals surface area contributed by atoms with Crippen molar-refractivity contribution >= 4 is 54.3 Å². The first-order chi connectivity index (χ1) is 35.4. The molecule has 8 nitrogen and oxygen atoms in total. The quantitative estimate of drug-likeness (QED) is 0.0804. The van der Waals surface area contributed by atoms with Gasteiger partial charge in [0.05, 0.1) is 18.2 Å². The van der Waals surface area contributed by atoms with E-state index >= 15 is 8.78 Å². The molecule has 2 aromatic heterocycles. The van der Waals surface area contributed by atoms with Crippen LogP contribution in [0, 0.1) is 41.9 Å². The van der Waals surface area contributed by atoms with Gasteiger partial charge in [0.25, 0.3) is 8.32 Å². The molecule has 0 radical (unpaired) electrons. The van der Waals surface area contributed by atoms with Gasteiger partial charge >= 0.3 is 6.01 Å². The predicted molar refractivity (Wildman–Crippen MR) is 303 cm³/mol. The second-order valence-electron chi connectivity index (χ2n) is 24.1. The van der Waals surface area contributed by atoms with Crippen LogP contribution in [0.2, 0.25) is 21.7 Å². The maximum atomic E-state index is 18.2. The highest BCUT2D eigenvalue weighted by Crippen LogP contribution is 2.49. The largest absolute Gasteiger partial charge is 0.480 e. The molecule has 1 N–H and O–H groups in total. The molecule has 1 saturated carbocycles. The minimum atomic E-state index is -3.17. The minimum absolute atomic E-state index is 0.0303. The molecule has 390 valence electrons. The van der Waals surface area contributed by atoms with E-state index in [1.54, 1.807) is 13.2 Å². The maximum Gasteiger partial charge on any atom is 0.319 e. The molecule has 6 aromatic rings. The lowest BCUT2D eigenvalue weighted by Crippen LogP contribution is -2.65. The van der Waals surface area contributed by atoms with E-state index in [1.807, 2.05) is 55.5 Å². The molecular formula is C62H77F2N5O3Si2. The van der Waals surface area contributed by atoms with E-state index in [-0.39, 0.29) is 39.2 Å². The number of fused-ring (bicyclic) bond motifs is 5. The Morgan fingerprint density at radius 2 is 1.47 bits per heavy atom. The summed E-state index contributed by atoms with van der Waals surface area (Å²) in [5.74, 6) is 4.20. The van der Waals surface area contributed by atoms with Gasteiger partial charge in [0.2, 0.25) is 5.88 Å². The molecule has 4 atom stereocenters. The van der Waals surface area contributed by atoms with Gasteiger partial charge in [0.1, 0.15) is 42.9 Å². The highest BCUT2D eigenvalue weighted by Gasteiger charge is 2.53. The number of benzene rings is 4. The van der Waals surface area contributed by atoms with E-state index < -0.39 is 28.0 Å². The average Bonchev–Trinajstić information content (AvgIpc) is 4.08. The molecule has 4 aromatic carbocycles. The van der Waals surface area contributed by atoms with Gasteiger partial charge in [-0.25, -0.2) is 13.8 Å². The van der Waals surface area contributed by atoms with Crippen LogP contribution in [0.25, 0.3) is 32.9 Å². The van der Waals surface area contributed by atoms with E-state index in [4.69, 9.17) is 24.4 Å². The average molecular weight is 1030 g/mol. The van der Waals surface area contributed by atoms with Crippen LogP contribution in [0.15, 0.2) is 84.9 Å². The van der Waals surface area contributed by atoms with Crippen LogP contribution < -0.4 is 24.7 Å². The summed E-state index contributed by atoms with van der Waals surface area (Å²) >= 11 is 0. The molecule has 3 saturated heterocycles. The number of anilines is 1. The van der Waals surface area contributed by atoms with Crippen LogP contribution in [0.5, 0.6) is 11.9 Å². The number of rotatable bonds is 15. The number of aryl methyl sites for hydroxylation is 1. The van der Waals surface area contributed by atoms with E-state index in [9.17, 15) is 4.80 Å². The van der Waals surface area contributed by atoms with Crippen LogP contribution >= 0.6 is 0 Å². The summed E-state index contributed by atoms with van der Waals surface area (Å²) in [5, 5.41) is 3.43. The Kier molecular flexibility index (Phi) is 14.4. The number of methoxy groups -OCH3 is 1. The van der Waals surface area contributed by atoms with Gasteiger partial charge in [0, 0.05) is 30.1 Å². The highest BCUT2D eigenvalue weighted by molar-refractivity contribution is 6.98. The molecule has 5 heterocycles. The van der Waals surface area contributed by atoms with Crippen LogP contribution in [-0.2, 0) is 0 Å². The van der Waals surface area contributed by atoms with Crippen molar-refractivity contribution in [1.82, 2.24) is 19.9 Å². The molecule has 74 heavy (non-hydrogen) atoms. The Morgan fingerprint density at radius 3 is 2.09 bits per heavy atom. The smallest absolute Gasteiger partial charge is 0.319 e. The van der Waals surface area contributed by atoms with Gasteiger partial charge in [-0.3, -0.25) is 4.90 Å². The Balaban J connectivity index is 1.02. The van der Waals surface area contributed by atoms with Gasteiger partial charge in [-0.1, -0.05) is 134 Å². The van der Waals surface area contributed by atoms with Crippen LogP contribution in [-0.4, -0.2) is 86.0 Å². The Bertz CT molecular complexity index is 3030. The molecule has 10 rings (SSSR count). The predicted octanol–water partition coefficient (Wildman–Crippen LogP) is 12.9. The van der Waals surface area contributed by atoms with Gasteiger partial charge in [0.15, 0.2) is 5.82 Å². The molecule has 0 amide bonds. The lowest BCUT2D eigenvalue weighted by molar-refractivity contribution is 0.0808. The van der Waals surface area contributed by atoms with Crippen molar-refractivity contribution in [2.75, 3.05) is 38.3 Å². The zero-order valence-electron chi connectivity index (χ0n) is 45.5. The zero-order valence-corrected chi connectivity index (χ0v) is 47.5. The number of hydrogen-bond donors (Lipinski definition) is 1. The van der Waals surface area contributed by atoms with Gasteiger partial charge in [-0.2, -0.15) is 9.97 Å². The van der Waals surface area contributed by atoms with Crippen molar-refractivity contribution in [3.63, 3.8) is 0 Å². The summed E-state index contributed by atoms with van der Waals surface area (Å²) in [4.78, 5) is 33.1. The van der Waals surface area contributed by atoms with Gasteiger partial charge in [-0.05, 0) is 138 Å². The first-order valence-corrected chi connectivity index (χ1v) is 31.8. The van der Waals surface area contributed by atoms with E-state index in [2.05, 4.69) is 101 Å². The second-order valence-corrected chi connectivity index (χ2v) is 33.6. The lowest BCUT2D eigenvalue weighted by atomic mass is 9.94. The Morgan fingerprint density at radius 1 is 0.824 bits per heavy atom. The number of hydrogen-bond acceptors (Lipinski definition) is 8. The SMILES string of the molecule is COc1nc(-c2cc(C)cc3ccc(F)c(C#C[Si](C(C)C)(C(C)C)C(C)C)c23)c(F)c2nc(OC[C@]34CCCN3[C@H](CCC(C)(C)[Si](O)(c3ccccc3)c3ccccc3)CC4)nc(N3CC4CCC(C4)C3)c12. The second kappa shape index (κ2) is 20.4. The lowest BCUT2D eigenvalue weighted by Gasteiger charge is -2.42. The normalized spacial score (nSPS) is 21.3. The van der Waals surface area contributed by atoms with Crippen LogP contribution in [0.1, 0.15) is 124 Å². The highest BCUT2D eigenvalue weighted by atomic mass is 28.4. The number of aromatic nitrogens is 3. The van der Waals surface area contributed by atoms with Crippen molar-refractivity contribution in [2.45, 2.75) is 153 Å². The van der Waals surface area contributed by atoms with Gasteiger partial charge in [-0.15, -0.1) is 5.54 Å². The Labute approximate surface area is 440 Å². The maximum absolute atomic E-state index is 18.2. The van der Waals surface area contributed by atoms with E-state index in [0.29, 0.717) is 63.3 Å². The zero-order chi connectivity index (χ0) is 52.3. The monoisotopic (exact) mass is 1030 g/mol. The minimum Gasteiger partial charge on any atom is -0.480 e.